The van der Waals surface area contributed by atoms with E-state index in [-0.39, 0.29) is 5.60 Å². The lowest BCUT2D eigenvalue weighted by Crippen LogP contribution is -2.57. The van der Waals surface area contributed by atoms with Gasteiger partial charge in [-0.1, -0.05) is 25.7 Å². The van der Waals surface area contributed by atoms with Crippen LogP contribution in [0.4, 0.5) is 0 Å². The van der Waals surface area contributed by atoms with Crippen molar-refractivity contribution in [2.24, 2.45) is 5.92 Å². The molecule has 2 aliphatic rings. The molecule has 0 heterocycles. The highest BCUT2D eigenvalue weighted by atomic mass is 16.5. The molecule has 2 fully saturated rings. The highest BCUT2D eigenvalue weighted by Gasteiger charge is 2.44. The monoisotopic (exact) mass is 225 g/mol. The molecule has 1 unspecified atom stereocenters. The molecule has 2 rings (SSSR count). The summed E-state index contributed by atoms with van der Waals surface area (Å²) in [5, 5.41) is 3.57. The van der Waals surface area contributed by atoms with Gasteiger partial charge < -0.3 is 10.1 Å². The van der Waals surface area contributed by atoms with Gasteiger partial charge in [0.2, 0.25) is 0 Å². The summed E-state index contributed by atoms with van der Waals surface area (Å²) >= 11 is 0. The molecule has 0 amide bonds. The minimum atomic E-state index is 0.160. The van der Waals surface area contributed by atoms with Crippen LogP contribution in [-0.4, -0.2) is 25.3 Å². The zero-order chi connectivity index (χ0) is 11.4. The van der Waals surface area contributed by atoms with Gasteiger partial charge in [-0.05, 0) is 45.6 Å². The molecule has 0 bridgehead atoms. The Bertz CT molecular complexity index is 201. The maximum atomic E-state index is 6.22. The van der Waals surface area contributed by atoms with Crippen LogP contribution in [-0.2, 0) is 4.74 Å². The first kappa shape index (κ1) is 12.4. The maximum Gasteiger partial charge on any atom is 0.0837 e. The summed E-state index contributed by atoms with van der Waals surface area (Å²) in [7, 11) is 2.12. The van der Waals surface area contributed by atoms with Crippen LogP contribution < -0.4 is 5.32 Å². The van der Waals surface area contributed by atoms with Crippen molar-refractivity contribution in [3.05, 3.63) is 0 Å². The first-order chi connectivity index (χ1) is 7.82. The van der Waals surface area contributed by atoms with E-state index in [1.165, 1.54) is 51.4 Å². The molecule has 0 radical (unpaired) electrons. The highest BCUT2D eigenvalue weighted by Crippen LogP contribution is 2.42. The molecule has 0 aromatic heterocycles. The molecular formula is C14H27NO. The Hall–Kier alpha value is -0.0800. The second kappa shape index (κ2) is 5.50. The summed E-state index contributed by atoms with van der Waals surface area (Å²) in [5.41, 5.74) is 0.160. The normalized spacial score (nSPS) is 27.4. The lowest BCUT2D eigenvalue weighted by Gasteiger charge is -2.48. The molecule has 2 saturated carbocycles. The molecule has 16 heavy (non-hydrogen) atoms. The van der Waals surface area contributed by atoms with E-state index in [2.05, 4.69) is 19.3 Å². The predicted octanol–water partition coefficient (Wildman–Crippen LogP) is 3.11. The third kappa shape index (κ3) is 2.28. The highest BCUT2D eigenvalue weighted by molar-refractivity contribution is 5.00. The molecule has 2 nitrogen and oxygen atoms in total. The summed E-state index contributed by atoms with van der Waals surface area (Å²) in [6.45, 7) is 3.01. The van der Waals surface area contributed by atoms with Crippen molar-refractivity contribution in [2.75, 3.05) is 13.7 Å². The lowest BCUT2D eigenvalue weighted by atomic mass is 9.68. The second-order valence-electron chi connectivity index (χ2n) is 5.52. The fourth-order valence-electron chi connectivity index (χ4n) is 3.68. The van der Waals surface area contributed by atoms with Crippen molar-refractivity contribution in [1.29, 1.82) is 0 Å². The van der Waals surface area contributed by atoms with Crippen LogP contribution in [0.2, 0.25) is 0 Å². The summed E-state index contributed by atoms with van der Waals surface area (Å²) in [4.78, 5) is 0. The SMILES string of the molecule is CCOC1(C(NC)C2CCC2)CCCCC1. The van der Waals surface area contributed by atoms with E-state index < -0.39 is 0 Å². The van der Waals surface area contributed by atoms with Gasteiger partial charge in [0, 0.05) is 12.6 Å². The molecule has 0 spiro atoms. The number of nitrogens with one attached hydrogen (secondary N) is 1. The molecule has 1 N–H and O–H groups in total. The molecule has 0 aliphatic heterocycles. The van der Waals surface area contributed by atoms with Crippen molar-refractivity contribution >= 4 is 0 Å². The first-order valence-corrected chi connectivity index (χ1v) is 7.13. The molecule has 1 atom stereocenters. The minimum Gasteiger partial charge on any atom is -0.374 e. The second-order valence-corrected chi connectivity index (χ2v) is 5.52. The van der Waals surface area contributed by atoms with E-state index in [0.717, 1.165) is 12.5 Å². The Morgan fingerprint density at radius 3 is 2.31 bits per heavy atom. The van der Waals surface area contributed by atoms with Crippen LogP contribution >= 0.6 is 0 Å². The number of rotatable bonds is 5. The van der Waals surface area contributed by atoms with Gasteiger partial charge >= 0.3 is 0 Å². The van der Waals surface area contributed by atoms with Gasteiger partial charge in [0.1, 0.15) is 0 Å². The van der Waals surface area contributed by atoms with E-state index in [0.29, 0.717) is 6.04 Å². The van der Waals surface area contributed by atoms with Gasteiger partial charge in [0.05, 0.1) is 5.60 Å². The number of hydrogen-bond acceptors (Lipinski definition) is 2. The summed E-state index contributed by atoms with van der Waals surface area (Å²) in [5.74, 6) is 0.870. The van der Waals surface area contributed by atoms with Crippen LogP contribution in [0.15, 0.2) is 0 Å². The third-order valence-corrected chi connectivity index (χ3v) is 4.63. The Kier molecular flexibility index (Phi) is 4.26. The third-order valence-electron chi connectivity index (χ3n) is 4.63. The maximum absolute atomic E-state index is 6.22. The lowest BCUT2D eigenvalue weighted by molar-refractivity contribution is -0.108. The van der Waals surface area contributed by atoms with Crippen LogP contribution in [0.3, 0.4) is 0 Å². The largest absolute Gasteiger partial charge is 0.374 e. The van der Waals surface area contributed by atoms with Crippen molar-refractivity contribution in [3.8, 4) is 0 Å². The van der Waals surface area contributed by atoms with Crippen LogP contribution in [0, 0.1) is 5.92 Å². The van der Waals surface area contributed by atoms with Gasteiger partial charge in [-0.2, -0.15) is 0 Å². The summed E-state index contributed by atoms with van der Waals surface area (Å²) < 4.78 is 6.22. The molecule has 0 saturated heterocycles. The number of likely N-dealkylation sites (N-methyl/N-ethyl adjacent to an activating group) is 1. The topological polar surface area (TPSA) is 21.3 Å². The van der Waals surface area contributed by atoms with Crippen molar-refractivity contribution in [1.82, 2.24) is 5.32 Å². The Balaban J connectivity index is 2.07. The summed E-state index contributed by atoms with van der Waals surface area (Å²) in [6, 6.07) is 0.599. The molecular weight excluding hydrogens is 198 g/mol. The molecule has 2 aliphatic carbocycles. The van der Waals surface area contributed by atoms with Crippen molar-refractivity contribution < 1.29 is 4.74 Å². The molecule has 94 valence electrons. The Morgan fingerprint density at radius 1 is 1.19 bits per heavy atom. The van der Waals surface area contributed by atoms with E-state index in [4.69, 9.17) is 4.74 Å². The van der Waals surface area contributed by atoms with E-state index in [1.807, 2.05) is 0 Å². The van der Waals surface area contributed by atoms with Crippen LogP contribution in [0.25, 0.3) is 0 Å². The fraction of sp³-hybridized carbons (Fsp3) is 1.00. The van der Waals surface area contributed by atoms with E-state index in [9.17, 15) is 0 Å². The Morgan fingerprint density at radius 2 is 1.88 bits per heavy atom. The predicted molar refractivity (Wildman–Crippen MR) is 67.6 cm³/mol. The quantitative estimate of drug-likeness (QED) is 0.776. The van der Waals surface area contributed by atoms with Crippen molar-refractivity contribution in [3.63, 3.8) is 0 Å². The fourth-order valence-corrected chi connectivity index (χ4v) is 3.68. The van der Waals surface area contributed by atoms with Crippen LogP contribution in [0.1, 0.15) is 58.3 Å². The standard InChI is InChI=1S/C14H27NO/c1-3-16-14(10-5-4-6-11-14)13(15-2)12-8-7-9-12/h12-13,15H,3-11H2,1-2H3. The molecule has 0 aromatic carbocycles. The zero-order valence-corrected chi connectivity index (χ0v) is 10.9. The van der Waals surface area contributed by atoms with Gasteiger partial charge in [0.25, 0.3) is 0 Å². The van der Waals surface area contributed by atoms with Gasteiger partial charge in [-0.15, -0.1) is 0 Å². The molecule has 2 heteroatoms. The Labute approximate surface area is 100 Å². The van der Waals surface area contributed by atoms with Gasteiger partial charge in [-0.3, -0.25) is 0 Å². The molecule has 0 aromatic rings. The van der Waals surface area contributed by atoms with E-state index >= 15 is 0 Å². The van der Waals surface area contributed by atoms with Gasteiger partial charge in [-0.25, -0.2) is 0 Å². The number of ether oxygens (including phenoxy) is 1. The van der Waals surface area contributed by atoms with Crippen LogP contribution in [0.5, 0.6) is 0 Å². The average molecular weight is 225 g/mol. The van der Waals surface area contributed by atoms with Crippen molar-refractivity contribution in [2.45, 2.75) is 69.9 Å². The minimum absolute atomic E-state index is 0.160. The van der Waals surface area contributed by atoms with E-state index in [1.54, 1.807) is 0 Å². The zero-order valence-electron chi connectivity index (χ0n) is 10.9. The number of hydrogen-bond donors (Lipinski definition) is 1. The average Bonchev–Trinajstić information content (AvgIpc) is 2.24. The van der Waals surface area contributed by atoms with Gasteiger partial charge in [0.15, 0.2) is 0 Å². The summed E-state index contributed by atoms with van der Waals surface area (Å²) in [6.07, 6.45) is 10.9. The smallest absolute Gasteiger partial charge is 0.0837 e. The first-order valence-electron chi connectivity index (χ1n) is 7.13.